The molecule has 1 aliphatic carbocycles. The minimum atomic E-state index is -3.06. The van der Waals surface area contributed by atoms with E-state index in [0.717, 1.165) is 27.9 Å². The lowest BCUT2D eigenvalue weighted by atomic mass is 9.68. The maximum atomic E-state index is 14.2. The molecule has 0 spiro atoms. The molecule has 2 amide bonds. The second-order valence-electron chi connectivity index (χ2n) is 15.8. The van der Waals surface area contributed by atoms with Crippen molar-refractivity contribution in [3.63, 3.8) is 0 Å². The van der Waals surface area contributed by atoms with Gasteiger partial charge in [0.25, 0.3) is 8.32 Å². The largest absolute Gasteiger partial charge is 0.505 e. The van der Waals surface area contributed by atoms with Gasteiger partial charge < -0.3 is 19.7 Å². The van der Waals surface area contributed by atoms with Gasteiger partial charge in [-0.15, -0.1) is 0 Å². The van der Waals surface area contributed by atoms with Gasteiger partial charge in [-0.05, 0) is 82.1 Å². The summed E-state index contributed by atoms with van der Waals surface area (Å²) in [5, 5.41) is 34.9. The Morgan fingerprint density at radius 1 is 0.909 bits per heavy atom. The molecule has 0 bridgehead atoms. The van der Waals surface area contributed by atoms with Crippen molar-refractivity contribution in [3.05, 3.63) is 137 Å². The number of aliphatic hydroxyl groups is 2. The van der Waals surface area contributed by atoms with E-state index in [1.165, 1.54) is 17.0 Å². The molecule has 9 heteroatoms. The summed E-state index contributed by atoms with van der Waals surface area (Å²) in [5.41, 5.74) is 3.38. The van der Waals surface area contributed by atoms with Crippen LogP contribution in [-0.2, 0) is 14.0 Å². The van der Waals surface area contributed by atoms with Crippen molar-refractivity contribution in [1.29, 1.82) is 0 Å². The van der Waals surface area contributed by atoms with E-state index >= 15 is 0 Å². The zero-order valence-corrected chi connectivity index (χ0v) is 33.1. The van der Waals surface area contributed by atoms with Gasteiger partial charge in [0, 0.05) is 5.92 Å². The first-order valence-corrected chi connectivity index (χ1v) is 21.2. The van der Waals surface area contributed by atoms with Gasteiger partial charge >= 0.3 is 0 Å². The van der Waals surface area contributed by atoms with Crippen LogP contribution < -0.4 is 15.3 Å². The number of para-hydroxylation sites is 1. The number of imide groups is 1. The van der Waals surface area contributed by atoms with Crippen LogP contribution in [0.3, 0.4) is 0 Å². The van der Waals surface area contributed by atoms with Crippen molar-refractivity contribution in [3.8, 4) is 5.75 Å². The van der Waals surface area contributed by atoms with Crippen LogP contribution in [-0.4, -0.2) is 54.8 Å². The third-order valence-corrected chi connectivity index (χ3v) is 16.3. The van der Waals surface area contributed by atoms with Gasteiger partial charge in [-0.1, -0.05) is 131 Å². The smallest absolute Gasteiger partial charge is 0.261 e. The Labute approximate surface area is 324 Å². The Morgan fingerprint density at radius 3 is 2.05 bits per heavy atom. The van der Waals surface area contributed by atoms with Gasteiger partial charge in [0.1, 0.15) is 0 Å². The maximum absolute atomic E-state index is 14.2. The van der Waals surface area contributed by atoms with Crippen LogP contribution in [0.15, 0.2) is 126 Å². The summed E-state index contributed by atoms with van der Waals surface area (Å²) in [6.45, 7) is 8.30. The summed E-state index contributed by atoms with van der Waals surface area (Å²) < 4.78 is 21.6. The molecule has 6 rings (SSSR count). The lowest BCUT2D eigenvalue weighted by Gasteiger charge is -2.44. The Bertz CT molecular complexity index is 1990. The number of halogens is 1. The number of aliphatic hydroxyl groups excluding tert-OH is 2. The summed E-state index contributed by atoms with van der Waals surface area (Å²) in [4.78, 5) is 29.7. The molecule has 288 valence electrons. The average molecular weight is 762 g/mol. The fourth-order valence-corrected chi connectivity index (χ4v) is 13.3. The van der Waals surface area contributed by atoms with E-state index in [1.807, 2.05) is 48.5 Å². The minimum Gasteiger partial charge on any atom is -0.505 e. The molecule has 7 nitrogen and oxygen atoms in total. The number of benzene rings is 4. The second kappa shape index (κ2) is 17.0. The van der Waals surface area contributed by atoms with E-state index in [1.54, 1.807) is 30.3 Å². The topological polar surface area (TPSA) is 107 Å². The van der Waals surface area contributed by atoms with Gasteiger partial charge in [0.15, 0.2) is 11.6 Å². The first-order valence-electron chi connectivity index (χ1n) is 19.3. The van der Waals surface area contributed by atoms with Crippen LogP contribution in [0.5, 0.6) is 5.75 Å². The fourth-order valence-electron chi connectivity index (χ4n) is 8.80. The molecule has 55 heavy (non-hydrogen) atoms. The highest BCUT2D eigenvalue weighted by Gasteiger charge is 2.56. The first kappa shape index (κ1) is 40.0. The SMILES string of the molecule is CCC/C(=C\c1ccc(O)c(F)c1)CC[C@@H](O)C1=C(CO[Si](c2ccccc2)(c2ccccc2)C(C)(C)C)C[C@H]2C(=O)N(c3ccccc3)C(=O)[C@H]2[C@H]1CO. The fraction of sp³-hybridized carbons (Fsp3) is 0.348. The van der Waals surface area contributed by atoms with Gasteiger partial charge in [-0.3, -0.25) is 14.5 Å². The number of carbonyl (C=O) groups excluding carboxylic acids is 2. The van der Waals surface area contributed by atoms with E-state index in [4.69, 9.17) is 4.43 Å². The van der Waals surface area contributed by atoms with Gasteiger partial charge in [-0.2, -0.15) is 0 Å². The molecule has 4 atom stereocenters. The molecular weight excluding hydrogens is 710 g/mol. The maximum Gasteiger partial charge on any atom is 0.261 e. The third kappa shape index (κ3) is 8.03. The van der Waals surface area contributed by atoms with E-state index in [2.05, 4.69) is 52.0 Å². The van der Waals surface area contributed by atoms with E-state index in [0.29, 0.717) is 29.7 Å². The summed E-state index contributed by atoms with van der Waals surface area (Å²) in [6.07, 6.45) is 3.34. The number of rotatable bonds is 14. The lowest BCUT2D eigenvalue weighted by molar-refractivity contribution is -0.123. The molecule has 0 unspecified atom stereocenters. The molecule has 4 aromatic rings. The number of fused-ring (bicyclic) bond motifs is 1. The number of anilines is 1. The molecule has 1 heterocycles. The number of amides is 2. The van der Waals surface area contributed by atoms with Crippen molar-refractivity contribution < 1.29 is 33.7 Å². The zero-order valence-electron chi connectivity index (χ0n) is 32.1. The number of allylic oxidation sites excluding steroid dienone is 1. The summed E-state index contributed by atoms with van der Waals surface area (Å²) in [6, 6.07) is 33.6. The predicted molar refractivity (Wildman–Crippen MR) is 218 cm³/mol. The summed E-state index contributed by atoms with van der Waals surface area (Å²) in [7, 11) is -3.06. The van der Waals surface area contributed by atoms with Crippen LogP contribution in [0, 0.1) is 23.6 Å². The van der Waals surface area contributed by atoms with E-state index in [-0.39, 0.29) is 36.3 Å². The van der Waals surface area contributed by atoms with Crippen molar-refractivity contribution in [2.75, 3.05) is 18.1 Å². The average Bonchev–Trinajstić information content (AvgIpc) is 3.43. The van der Waals surface area contributed by atoms with Gasteiger partial charge in [0.2, 0.25) is 11.8 Å². The molecular formula is C46H52FNO6Si. The molecule has 1 aliphatic heterocycles. The first-order chi connectivity index (χ1) is 26.4. The predicted octanol–water partition coefficient (Wildman–Crippen LogP) is 7.55. The summed E-state index contributed by atoms with van der Waals surface area (Å²) in [5.74, 6) is -4.18. The molecule has 3 N–H and O–H groups in total. The molecule has 0 saturated carbocycles. The normalized spacial score (nSPS) is 19.9. The van der Waals surface area contributed by atoms with Gasteiger partial charge in [-0.25, -0.2) is 4.39 Å². The lowest BCUT2D eigenvalue weighted by Crippen LogP contribution is -2.66. The van der Waals surface area contributed by atoms with Crippen molar-refractivity contribution in [1.82, 2.24) is 0 Å². The highest BCUT2D eigenvalue weighted by atomic mass is 28.4. The highest BCUT2D eigenvalue weighted by Crippen LogP contribution is 2.48. The van der Waals surface area contributed by atoms with Crippen LogP contribution in [0.1, 0.15) is 65.4 Å². The number of nitrogens with zero attached hydrogens (tertiary/aromatic N) is 1. The number of phenolic OH excluding ortho intramolecular Hbond substituents is 1. The van der Waals surface area contributed by atoms with Crippen LogP contribution in [0.4, 0.5) is 10.1 Å². The van der Waals surface area contributed by atoms with Crippen molar-refractivity contribution >= 4 is 42.3 Å². The third-order valence-electron chi connectivity index (χ3n) is 11.3. The number of aromatic hydroxyl groups is 1. The number of carbonyl (C=O) groups is 2. The molecule has 0 aromatic heterocycles. The number of hydrogen-bond acceptors (Lipinski definition) is 6. The highest BCUT2D eigenvalue weighted by molar-refractivity contribution is 6.99. The van der Waals surface area contributed by atoms with E-state index < -0.39 is 50.3 Å². The minimum absolute atomic E-state index is 0.108. The number of hydrogen-bond donors (Lipinski definition) is 3. The molecule has 4 aromatic carbocycles. The monoisotopic (exact) mass is 761 g/mol. The van der Waals surface area contributed by atoms with Crippen molar-refractivity contribution in [2.24, 2.45) is 17.8 Å². The summed E-state index contributed by atoms with van der Waals surface area (Å²) >= 11 is 0. The number of phenols is 1. The molecule has 2 aliphatic rings. The zero-order chi connectivity index (χ0) is 39.3. The van der Waals surface area contributed by atoms with E-state index in [9.17, 15) is 29.3 Å². The Kier molecular flexibility index (Phi) is 12.4. The van der Waals surface area contributed by atoms with Crippen LogP contribution >= 0.6 is 0 Å². The second-order valence-corrected chi connectivity index (χ2v) is 20.1. The van der Waals surface area contributed by atoms with Crippen LogP contribution in [0.25, 0.3) is 6.08 Å². The van der Waals surface area contributed by atoms with Crippen molar-refractivity contribution in [2.45, 2.75) is 70.9 Å². The standard InChI is InChI=1S/C46H52FNO6Si/c1-5-15-31(26-32-23-24-40(50)39(47)27-32)22-25-41(51)42-33(28-37-43(38(42)29-49)45(53)48(44(37)52)34-16-9-6-10-17-34)30-54-55(46(2,3)4,35-18-11-7-12-19-35)36-20-13-8-14-21-36/h6-14,16-21,23-24,26-27,37-38,41,43,49-51H,5,15,22,25,28-30H2,1-4H3/b31-26+/t37-,38+,41-,43-/m1/s1. The Hall–Kier alpha value is -4.67. The Balaban J connectivity index is 1.42. The molecule has 0 radical (unpaired) electrons. The van der Waals surface area contributed by atoms with Crippen LogP contribution in [0.2, 0.25) is 5.04 Å². The quantitative estimate of drug-likeness (QED) is 0.0697. The molecule has 1 fully saturated rings. The molecule has 1 saturated heterocycles. The Morgan fingerprint density at radius 2 is 1.51 bits per heavy atom. The van der Waals surface area contributed by atoms with Gasteiger partial charge in [0.05, 0.1) is 36.8 Å².